The first-order chi connectivity index (χ1) is 12.8. The molecule has 0 aliphatic rings. The first-order valence-electron chi connectivity index (χ1n) is 7.62. The third-order valence-corrected chi connectivity index (χ3v) is 3.90. The predicted molar refractivity (Wildman–Crippen MR) is 99.2 cm³/mol. The van der Waals surface area contributed by atoms with E-state index in [0.717, 1.165) is 12.1 Å². The zero-order valence-corrected chi connectivity index (χ0v) is 15.1. The summed E-state index contributed by atoms with van der Waals surface area (Å²) in [6.07, 6.45) is -4.38. The fourth-order valence-corrected chi connectivity index (χ4v) is 2.53. The molecule has 0 unspecified atom stereocenters. The van der Waals surface area contributed by atoms with Crippen LogP contribution in [-0.4, -0.2) is 15.3 Å². The lowest BCUT2D eigenvalue weighted by atomic mass is 10.2. The third kappa shape index (κ3) is 5.18. The Kier molecular flexibility index (Phi) is 5.62. The van der Waals surface area contributed by atoms with E-state index in [1.807, 2.05) is 0 Å². The number of thiocarbonyl (C=S) groups is 1. The number of aromatic nitrogens is 2. The van der Waals surface area contributed by atoms with Crippen LogP contribution in [0.5, 0.6) is 0 Å². The van der Waals surface area contributed by atoms with E-state index in [4.69, 9.17) is 28.3 Å². The fraction of sp³-hybridized carbons (Fsp3) is 0.118. The Morgan fingerprint density at radius 2 is 1.89 bits per heavy atom. The molecular weight excluding hydrogens is 401 g/mol. The van der Waals surface area contributed by atoms with Crippen LogP contribution < -0.4 is 10.6 Å². The highest BCUT2D eigenvalue weighted by Crippen LogP contribution is 2.29. The van der Waals surface area contributed by atoms with Crippen LogP contribution in [0.2, 0.25) is 5.02 Å². The van der Waals surface area contributed by atoms with Crippen molar-refractivity contribution in [3.63, 3.8) is 0 Å². The van der Waals surface area contributed by atoms with E-state index in [9.17, 15) is 13.2 Å². The second-order valence-electron chi connectivity index (χ2n) is 5.40. The van der Waals surface area contributed by atoms with Crippen LogP contribution in [-0.2, 0) is 12.7 Å². The van der Waals surface area contributed by atoms with Crippen LogP contribution in [0.1, 0.15) is 11.5 Å². The minimum atomic E-state index is -4.38. The Balaban J connectivity index is 1.55. The Labute approximate surface area is 162 Å². The van der Waals surface area contributed by atoms with Gasteiger partial charge in [-0.15, -0.1) is 0 Å². The molecule has 0 aliphatic carbocycles. The van der Waals surface area contributed by atoms with Gasteiger partial charge >= 0.3 is 6.18 Å². The van der Waals surface area contributed by atoms with Gasteiger partial charge in [-0.2, -0.15) is 18.2 Å². The summed E-state index contributed by atoms with van der Waals surface area (Å²) < 4.78 is 42.8. The van der Waals surface area contributed by atoms with Crippen molar-refractivity contribution in [2.24, 2.45) is 0 Å². The predicted octanol–water partition coefficient (Wildman–Crippen LogP) is 4.90. The van der Waals surface area contributed by atoms with Crippen LogP contribution in [0, 0.1) is 0 Å². The molecule has 0 atom stereocenters. The second kappa shape index (κ2) is 7.93. The number of nitrogens with zero attached hydrogens (tertiary/aromatic N) is 2. The van der Waals surface area contributed by atoms with Crippen LogP contribution in [0.3, 0.4) is 0 Å². The van der Waals surface area contributed by atoms with Crippen molar-refractivity contribution in [2.75, 3.05) is 5.32 Å². The summed E-state index contributed by atoms with van der Waals surface area (Å²) in [4.78, 5) is 4.23. The smallest absolute Gasteiger partial charge is 0.353 e. The molecule has 10 heteroatoms. The van der Waals surface area contributed by atoms with Gasteiger partial charge in [0.2, 0.25) is 11.7 Å². The van der Waals surface area contributed by atoms with E-state index in [1.165, 1.54) is 12.1 Å². The maximum atomic E-state index is 12.5. The highest BCUT2D eigenvalue weighted by molar-refractivity contribution is 7.80. The van der Waals surface area contributed by atoms with Crippen molar-refractivity contribution in [1.29, 1.82) is 0 Å². The van der Waals surface area contributed by atoms with Crippen molar-refractivity contribution in [3.05, 3.63) is 65.0 Å². The average molecular weight is 413 g/mol. The maximum Gasteiger partial charge on any atom is 0.416 e. The molecule has 140 valence electrons. The van der Waals surface area contributed by atoms with E-state index < -0.39 is 11.7 Å². The van der Waals surface area contributed by atoms with Crippen molar-refractivity contribution in [2.45, 2.75) is 12.7 Å². The number of benzene rings is 2. The summed E-state index contributed by atoms with van der Waals surface area (Å²) in [5.74, 6) is 0.678. The minimum Gasteiger partial charge on any atom is -0.353 e. The van der Waals surface area contributed by atoms with Gasteiger partial charge in [0.15, 0.2) is 5.11 Å². The van der Waals surface area contributed by atoms with E-state index in [2.05, 4.69) is 20.8 Å². The molecule has 0 saturated carbocycles. The first-order valence-corrected chi connectivity index (χ1v) is 8.40. The van der Waals surface area contributed by atoms with Crippen LogP contribution in [0.25, 0.3) is 11.4 Å². The van der Waals surface area contributed by atoms with E-state index >= 15 is 0 Å². The second-order valence-corrected chi connectivity index (χ2v) is 6.25. The molecule has 2 aromatic carbocycles. The molecule has 27 heavy (non-hydrogen) atoms. The summed E-state index contributed by atoms with van der Waals surface area (Å²) >= 11 is 11.0. The molecule has 0 saturated heterocycles. The van der Waals surface area contributed by atoms with Gasteiger partial charge in [0.05, 0.1) is 12.1 Å². The molecule has 0 radical (unpaired) electrons. The summed E-state index contributed by atoms with van der Waals surface area (Å²) in [6.45, 7) is 0.153. The molecule has 1 heterocycles. The molecule has 0 amide bonds. The molecule has 0 bridgehead atoms. The normalized spacial score (nSPS) is 11.3. The molecule has 3 rings (SSSR count). The summed E-state index contributed by atoms with van der Waals surface area (Å²) in [6, 6.07) is 11.5. The van der Waals surface area contributed by atoms with Crippen molar-refractivity contribution < 1.29 is 17.7 Å². The number of rotatable bonds is 4. The number of halogens is 4. The Morgan fingerprint density at radius 1 is 1.15 bits per heavy atom. The zero-order valence-electron chi connectivity index (χ0n) is 13.5. The largest absolute Gasteiger partial charge is 0.416 e. The fourth-order valence-electron chi connectivity index (χ4n) is 2.15. The van der Waals surface area contributed by atoms with Crippen LogP contribution in [0.4, 0.5) is 18.9 Å². The number of hydrogen-bond acceptors (Lipinski definition) is 4. The standard InChI is InChI=1S/C17H12ClF3N4OS/c18-12-3-1-2-10(8-12)15-24-14(26-25-15)9-22-16(27)23-13-6-4-11(5-7-13)17(19,20)21/h1-8H,9H2,(H2,22,23,27). The van der Waals surface area contributed by atoms with Crippen LogP contribution >= 0.6 is 23.8 Å². The van der Waals surface area contributed by atoms with Gasteiger partial charge < -0.3 is 15.2 Å². The van der Waals surface area contributed by atoms with Gasteiger partial charge in [-0.3, -0.25) is 0 Å². The molecule has 5 nitrogen and oxygen atoms in total. The number of nitrogens with one attached hydrogen (secondary N) is 2. The lowest BCUT2D eigenvalue weighted by Gasteiger charge is -2.10. The molecular formula is C17H12ClF3N4OS. The number of hydrogen-bond donors (Lipinski definition) is 2. The maximum absolute atomic E-state index is 12.5. The zero-order chi connectivity index (χ0) is 19.4. The van der Waals surface area contributed by atoms with Gasteiger partial charge in [-0.25, -0.2) is 0 Å². The monoisotopic (exact) mass is 412 g/mol. The third-order valence-electron chi connectivity index (χ3n) is 3.42. The molecule has 3 aromatic rings. The number of anilines is 1. The highest BCUT2D eigenvalue weighted by atomic mass is 35.5. The van der Waals surface area contributed by atoms with Crippen molar-refractivity contribution >= 4 is 34.6 Å². The molecule has 0 fully saturated rings. The highest BCUT2D eigenvalue weighted by Gasteiger charge is 2.29. The van der Waals surface area contributed by atoms with E-state index in [0.29, 0.717) is 28.0 Å². The average Bonchev–Trinajstić information content (AvgIpc) is 3.09. The van der Waals surface area contributed by atoms with Gasteiger partial charge in [0, 0.05) is 16.3 Å². The van der Waals surface area contributed by atoms with Crippen molar-refractivity contribution in [3.8, 4) is 11.4 Å². The lowest BCUT2D eigenvalue weighted by Crippen LogP contribution is -2.28. The minimum absolute atomic E-state index is 0.153. The van der Waals surface area contributed by atoms with Gasteiger partial charge in [-0.1, -0.05) is 28.9 Å². The number of alkyl halides is 3. The molecule has 0 aliphatic heterocycles. The summed E-state index contributed by atoms with van der Waals surface area (Å²) in [5, 5.41) is 10.3. The Bertz CT molecular complexity index is 944. The summed E-state index contributed by atoms with van der Waals surface area (Å²) in [7, 11) is 0. The van der Waals surface area contributed by atoms with Crippen LogP contribution in [0.15, 0.2) is 53.1 Å². The molecule has 0 spiro atoms. The lowest BCUT2D eigenvalue weighted by molar-refractivity contribution is -0.137. The van der Waals surface area contributed by atoms with Gasteiger partial charge in [-0.05, 0) is 48.6 Å². The molecule has 1 aromatic heterocycles. The first kappa shape index (κ1) is 19.1. The van der Waals surface area contributed by atoms with Gasteiger partial charge in [0.25, 0.3) is 0 Å². The topological polar surface area (TPSA) is 63.0 Å². The van der Waals surface area contributed by atoms with E-state index in [1.54, 1.807) is 24.3 Å². The summed E-state index contributed by atoms with van der Waals surface area (Å²) in [5.41, 5.74) is 0.403. The quantitative estimate of drug-likeness (QED) is 0.594. The van der Waals surface area contributed by atoms with E-state index in [-0.39, 0.29) is 11.7 Å². The van der Waals surface area contributed by atoms with Gasteiger partial charge in [0.1, 0.15) is 0 Å². The molecule has 2 N–H and O–H groups in total. The SMILES string of the molecule is FC(F)(F)c1ccc(NC(=S)NCc2nc(-c3cccc(Cl)c3)no2)cc1. The Hall–Kier alpha value is -2.65. The Morgan fingerprint density at radius 3 is 2.56 bits per heavy atom. The van der Waals surface area contributed by atoms with Crippen molar-refractivity contribution in [1.82, 2.24) is 15.5 Å².